The molecule has 0 saturated carbocycles. The molecule has 0 aromatic carbocycles. The summed E-state index contributed by atoms with van der Waals surface area (Å²) in [4.78, 5) is 15.8. The van der Waals surface area contributed by atoms with Gasteiger partial charge in [0.1, 0.15) is 0 Å². The SMILES string of the molecule is CON(C)C(=O)c1cnsn1. The largest absolute Gasteiger partial charge is 0.298 e. The minimum absolute atomic E-state index is 0.291. The third kappa shape index (κ3) is 1.72. The summed E-state index contributed by atoms with van der Waals surface area (Å²) >= 11 is 0.993. The van der Waals surface area contributed by atoms with E-state index in [1.807, 2.05) is 0 Å². The maximum absolute atomic E-state index is 11.1. The highest BCUT2D eigenvalue weighted by molar-refractivity contribution is 6.99. The highest BCUT2D eigenvalue weighted by atomic mass is 32.1. The van der Waals surface area contributed by atoms with E-state index in [2.05, 4.69) is 13.6 Å². The van der Waals surface area contributed by atoms with Gasteiger partial charge in [-0.1, -0.05) is 0 Å². The van der Waals surface area contributed by atoms with E-state index in [9.17, 15) is 4.79 Å². The highest BCUT2D eigenvalue weighted by Crippen LogP contribution is 1.99. The van der Waals surface area contributed by atoms with Gasteiger partial charge in [0.25, 0.3) is 5.91 Å². The molecule has 1 aromatic rings. The number of amides is 1. The molecule has 0 aliphatic rings. The van der Waals surface area contributed by atoms with Gasteiger partial charge in [0.2, 0.25) is 0 Å². The van der Waals surface area contributed by atoms with Gasteiger partial charge in [-0.3, -0.25) is 9.63 Å². The average molecular weight is 173 g/mol. The van der Waals surface area contributed by atoms with Crippen LogP contribution in [-0.4, -0.2) is 33.9 Å². The minimum atomic E-state index is -0.291. The predicted molar refractivity (Wildman–Crippen MR) is 39.0 cm³/mol. The molecule has 1 amide bonds. The van der Waals surface area contributed by atoms with E-state index in [0.29, 0.717) is 5.69 Å². The summed E-state index contributed by atoms with van der Waals surface area (Å²) in [5.74, 6) is -0.291. The number of carbonyl (C=O) groups is 1. The lowest BCUT2D eigenvalue weighted by Gasteiger charge is -2.10. The molecule has 0 aliphatic carbocycles. The quantitative estimate of drug-likeness (QED) is 0.598. The molecule has 1 heterocycles. The zero-order valence-corrected chi connectivity index (χ0v) is 6.96. The number of nitrogens with zero attached hydrogens (tertiary/aromatic N) is 3. The Labute approximate surface area is 67.9 Å². The van der Waals surface area contributed by atoms with E-state index < -0.39 is 0 Å². The normalized spacial score (nSPS) is 9.64. The number of carbonyl (C=O) groups excluding carboxylic acids is 1. The Kier molecular flexibility index (Phi) is 2.50. The van der Waals surface area contributed by atoms with Crippen molar-refractivity contribution in [3.63, 3.8) is 0 Å². The number of hydrogen-bond acceptors (Lipinski definition) is 5. The predicted octanol–water partition coefficient (Wildman–Crippen LogP) is 0.171. The molecule has 11 heavy (non-hydrogen) atoms. The third-order valence-electron chi connectivity index (χ3n) is 1.14. The van der Waals surface area contributed by atoms with Crippen molar-refractivity contribution in [3.8, 4) is 0 Å². The van der Waals surface area contributed by atoms with Crippen molar-refractivity contribution in [2.45, 2.75) is 0 Å². The van der Waals surface area contributed by atoms with E-state index in [-0.39, 0.29) is 5.91 Å². The van der Waals surface area contributed by atoms with E-state index >= 15 is 0 Å². The first kappa shape index (κ1) is 8.09. The van der Waals surface area contributed by atoms with Gasteiger partial charge in [0.05, 0.1) is 25.0 Å². The monoisotopic (exact) mass is 173 g/mol. The van der Waals surface area contributed by atoms with E-state index in [1.54, 1.807) is 0 Å². The van der Waals surface area contributed by atoms with Crippen molar-refractivity contribution < 1.29 is 9.63 Å². The van der Waals surface area contributed by atoms with Crippen molar-refractivity contribution in [1.82, 2.24) is 13.8 Å². The van der Waals surface area contributed by atoms with Crippen molar-refractivity contribution >= 4 is 17.6 Å². The summed E-state index contributed by atoms with van der Waals surface area (Å²) in [5.41, 5.74) is 0.305. The van der Waals surface area contributed by atoms with Crippen molar-refractivity contribution in [2.24, 2.45) is 0 Å². The average Bonchev–Trinajstić information content (AvgIpc) is 2.53. The van der Waals surface area contributed by atoms with Crippen LogP contribution in [-0.2, 0) is 4.84 Å². The Balaban J connectivity index is 2.70. The molecule has 5 nitrogen and oxygen atoms in total. The fraction of sp³-hybridized carbons (Fsp3) is 0.400. The molecule has 1 rings (SSSR count). The van der Waals surface area contributed by atoms with Crippen molar-refractivity contribution in [2.75, 3.05) is 14.2 Å². The Morgan fingerprint density at radius 2 is 2.55 bits per heavy atom. The summed E-state index contributed by atoms with van der Waals surface area (Å²) in [7, 11) is 2.93. The molecule has 60 valence electrons. The number of rotatable bonds is 2. The molecule has 0 spiro atoms. The van der Waals surface area contributed by atoms with Crippen LogP contribution in [0.3, 0.4) is 0 Å². The number of hydroxylamine groups is 2. The molecule has 0 saturated heterocycles. The Morgan fingerprint density at radius 3 is 3.00 bits per heavy atom. The third-order valence-corrected chi connectivity index (χ3v) is 1.62. The first-order valence-electron chi connectivity index (χ1n) is 2.85. The summed E-state index contributed by atoms with van der Waals surface area (Å²) < 4.78 is 7.43. The number of aromatic nitrogens is 2. The van der Waals surface area contributed by atoms with Crippen molar-refractivity contribution in [3.05, 3.63) is 11.9 Å². The minimum Gasteiger partial charge on any atom is -0.274 e. The zero-order valence-electron chi connectivity index (χ0n) is 6.14. The van der Waals surface area contributed by atoms with Crippen LogP contribution in [0.4, 0.5) is 0 Å². The van der Waals surface area contributed by atoms with Gasteiger partial charge in [-0.15, -0.1) is 0 Å². The fourth-order valence-electron chi connectivity index (χ4n) is 0.503. The Bertz CT molecular complexity index is 236. The smallest absolute Gasteiger partial charge is 0.274 e. The van der Waals surface area contributed by atoms with Crippen LogP contribution in [0.25, 0.3) is 0 Å². The lowest BCUT2D eigenvalue weighted by molar-refractivity contribution is -0.0759. The molecular weight excluding hydrogens is 166 g/mol. The van der Waals surface area contributed by atoms with Gasteiger partial charge in [0, 0.05) is 7.05 Å². The maximum atomic E-state index is 11.1. The van der Waals surface area contributed by atoms with Crippen LogP contribution in [0.5, 0.6) is 0 Å². The van der Waals surface area contributed by atoms with Gasteiger partial charge in [-0.25, -0.2) is 5.06 Å². The van der Waals surface area contributed by atoms with E-state index in [1.165, 1.54) is 20.4 Å². The highest BCUT2D eigenvalue weighted by Gasteiger charge is 2.13. The molecular formula is C5H7N3O2S. The molecule has 0 radical (unpaired) electrons. The first-order valence-corrected chi connectivity index (χ1v) is 3.58. The van der Waals surface area contributed by atoms with E-state index in [0.717, 1.165) is 16.8 Å². The Morgan fingerprint density at radius 1 is 1.82 bits per heavy atom. The van der Waals surface area contributed by atoms with Crippen LogP contribution in [0, 0.1) is 0 Å². The van der Waals surface area contributed by atoms with Gasteiger partial charge in [0.15, 0.2) is 5.69 Å². The standard InChI is InChI=1S/C5H7N3O2S/c1-8(10-2)5(9)4-3-6-11-7-4/h3H,1-2H3. The summed E-state index contributed by atoms with van der Waals surface area (Å²) in [6, 6.07) is 0. The zero-order chi connectivity index (χ0) is 8.27. The molecule has 6 heteroatoms. The molecule has 0 bridgehead atoms. The maximum Gasteiger partial charge on any atom is 0.298 e. The van der Waals surface area contributed by atoms with Crippen LogP contribution in [0.2, 0.25) is 0 Å². The first-order chi connectivity index (χ1) is 5.25. The van der Waals surface area contributed by atoms with Crippen LogP contribution in [0.1, 0.15) is 10.5 Å². The van der Waals surface area contributed by atoms with Gasteiger partial charge in [-0.05, 0) is 0 Å². The number of hydrogen-bond donors (Lipinski definition) is 0. The van der Waals surface area contributed by atoms with Gasteiger partial charge >= 0.3 is 0 Å². The fourth-order valence-corrected chi connectivity index (χ4v) is 0.910. The molecule has 0 N–H and O–H groups in total. The van der Waals surface area contributed by atoms with Gasteiger partial charge < -0.3 is 0 Å². The van der Waals surface area contributed by atoms with Crippen LogP contribution < -0.4 is 0 Å². The second-order valence-electron chi connectivity index (χ2n) is 1.78. The van der Waals surface area contributed by atoms with Gasteiger partial charge in [-0.2, -0.15) is 8.75 Å². The molecule has 0 fully saturated rings. The lowest BCUT2D eigenvalue weighted by atomic mass is 10.4. The molecule has 0 atom stereocenters. The molecule has 0 aliphatic heterocycles. The van der Waals surface area contributed by atoms with E-state index in [4.69, 9.17) is 0 Å². The van der Waals surface area contributed by atoms with Crippen LogP contribution in [0.15, 0.2) is 6.20 Å². The topological polar surface area (TPSA) is 55.3 Å². The van der Waals surface area contributed by atoms with Crippen molar-refractivity contribution in [1.29, 1.82) is 0 Å². The summed E-state index contributed by atoms with van der Waals surface area (Å²) in [6.45, 7) is 0. The van der Waals surface area contributed by atoms with Crippen LogP contribution >= 0.6 is 11.7 Å². The molecule has 0 unspecified atom stereocenters. The summed E-state index contributed by atoms with van der Waals surface area (Å²) in [6.07, 6.45) is 1.41. The molecule has 1 aromatic heterocycles. The lowest BCUT2D eigenvalue weighted by Crippen LogP contribution is -2.25. The summed E-state index contributed by atoms with van der Waals surface area (Å²) in [5, 5.41) is 1.09. The second kappa shape index (κ2) is 3.40. The Hall–Kier alpha value is -1.01. The second-order valence-corrected chi connectivity index (χ2v) is 2.33.